The summed E-state index contributed by atoms with van der Waals surface area (Å²) in [4.78, 5) is 6.29. The van der Waals surface area contributed by atoms with Gasteiger partial charge in [-0.05, 0) is 70.0 Å². The molecule has 5 heteroatoms. The van der Waals surface area contributed by atoms with Gasteiger partial charge in [0, 0.05) is 14.5 Å². The highest BCUT2D eigenvalue weighted by molar-refractivity contribution is 5.24. The van der Waals surface area contributed by atoms with E-state index in [9.17, 15) is 4.39 Å². The summed E-state index contributed by atoms with van der Waals surface area (Å²) in [5.41, 5.74) is 7.03. The average molecular weight is 300 g/mol. The van der Waals surface area contributed by atoms with Crippen molar-refractivity contribution in [3.8, 4) is 0 Å². The molecule has 0 unspecified atom stereocenters. The minimum atomic E-state index is -0.403. The van der Waals surface area contributed by atoms with E-state index in [-0.39, 0.29) is 7.24 Å². The fourth-order valence-electron chi connectivity index (χ4n) is 2.13. The Morgan fingerprint density at radius 3 is 2.24 bits per heavy atom. The van der Waals surface area contributed by atoms with E-state index in [0.717, 1.165) is 30.8 Å². The van der Waals surface area contributed by atoms with Gasteiger partial charge in [-0.25, -0.2) is 9.28 Å². The molecule has 1 aliphatic heterocycles. The molecule has 1 aromatic carbocycles. The lowest BCUT2D eigenvalue weighted by Gasteiger charge is -2.15. The van der Waals surface area contributed by atoms with Gasteiger partial charge >= 0.3 is 0 Å². The number of likely N-dealkylation sites (tertiary alicyclic amines) is 1. The number of nitrogens with zero attached hydrogens (tertiary/aromatic N) is 1. The molecular formula is C16H29FN2O2. The van der Waals surface area contributed by atoms with Gasteiger partial charge in [0.1, 0.15) is 5.82 Å². The third kappa shape index (κ3) is 7.52. The van der Waals surface area contributed by atoms with E-state index in [0.29, 0.717) is 6.54 Å². The van der Waals surface area contributed by atoms with E-state index < -0.39 is 5.60 Å². The van der Waals surface area contributed by atoms with Gasteiger partial charge in [-0.2, -0.15) is 0 Å². The maximum absolute atomic E-state index is 13.2. The maximum atomic E-state index is 13.2. The Kier molecular flexibility index (Phi) is 7.25. The average Bonchev–Trinajstić information content (AvgIpc) is 2.90. The lowest BCUT2D eigenvalue weighted by atomic mass is 10.1. The Hall–Kier alpha value is -1.01. The van der Waals surface area contributed by atoms with Gasteiger partial charge in [-0.1, -0.05) is 6.07 Å². The zero-order valence-electron chi connectivity index (χ0n) is 13.2. The van der Waals surface area contributed by atoms with Crippen molar-refractivity contribution in [2.24, 2.45) is 5.73 Å². The molecule has 1 saturated heterocycles. The first-order valence-corrected chi connectivity index (χ1v) is 7.37. The molecule has 3 N–H and O–H groups in total. The van der Waals surface area contributed by atoms with Gasteiger partial charge in [-0.15, -0.1) is 0 Å². The van der Waals surface area contributed by atoms with E-state index >= 15 is 0 Å². The predicted molar refractivity (Wildman–Crippen MR) is 84.4 cm³/mol. The second kappa shape index (κ2) is 8.44. The fourth-order valence-corrected chi connectivity index (χ4v) is 2.13. The molecule has 0 bridgehead atoms. The van der Waals surface area contributed by atoms with Gasteiger partial charge in [0.05, 0.1) is 5.60 Å². The standard InChI is InChI=1S/C12H17FN2.C4H10O2.H2/c13-12-6-10(8-14)5-11(7-12)9-15-3-1-2-4-15;1-4(2,3)6-5;/h5-7H,1-4,8-9,14H2;5H,1-3H3;1H. The minimum absolute atomic E-state index is 0. The summed E-state index contributed by atoms with van der Waals surface area (Å²) in [5.74, 6) is -0.174. The summed E-state index contributed by atoms with van der Waals surface area (Å²) in [5, 5.41) is 7.90. The van der Waals surface area contributed by atoms with Crippen LogP contribution in [-0.2, 0) is 18.0 Å². The van der Waals surface area contributed by atoms with Crippen LogP contribution in [0.4, 0.5) is 4.39 Å². The Morgan fingerprint density at radius 2 is 1.76 bits per heavy atom. The van der Waals surface area contributed by atoms with Crippen molar-refractivity contribution in [1.82, 2.24) is 4.90 Å². The van der Waals surface area contributed by atoms with Crippen molar-refractivity contribution in [3.05, 3.63) is 35.1 Å². The van der Waals surface area contributed by atoms with Gasteiger partial charge in [-0.3, -0.25) is 10.2 Å². The Labute approximate surface area is 128 Å². The van der Waals surface area contributed by atoms with Crippen molar-refractivity contribution in [1.29, 1.82) is 0 Å². The monoisotopic (exact) mass is 300 g/mol. The normalized spacial score (nSPS) is 15.7. The Morgan fingerprint density at radius 1 is 1.24 bits per heavy atom. The van der Waals surface area contributed by atoms with E-state index in [1.807, 2.05) is 6.07 Å². The lowest BCUT2D eigenvalue weighted by Crippen LogP contribution is -2.18. The van der Waals surface area contributed by atoms with Gasteiger partial charge in [0.25, 0.3) is 0 Å². The minimum Gasteiger partial charge on any atom is -0.326 e. The molecule has 2 rings (SSSR count). The number of halogens is 1. The molecule has 1 aliphatic rings. The van der Waals surface area contributed by atoms with Gasteiger partial charge < -0.3 is 5.73 Å². The third-order valence-electron chi connectivity index (χ3n) is 3.13. The summed E-state index contributed by atoms with van der Waals surface area (Å²) in [6.07, 6.45) is 2.53. The summed E-state index contributed by atoms with van der Waals surface area (Å²) >= 11 is 0. The molecule has 1 aromatic rings. The molecule has 0 spiro atoms. The van der Waals surface area contributed by atoms with Crippen LogP contribution in [0.15, 0.2) is 18.2 Å². The largest absolute Gasteiger partial charge is 0.326 e. The van der Waals surface area contributed by atoms with E-state index in [1.165, 1.54) is 18.9 Å². The van der Waals surface area contributed by atoms with Crippen molar-refractivity contribution in [2.45, 2.75) is 52.3 Å². The van der Waals surface area contributed by atoms with Crippen LogP contribution in [0.1, 0.15) is 46.2 Å². The van der Waals surface area contributed by atoms with Crippen molar-refractivity contribution >= 4 is 0 Å². The Balaban J connectivity index is 0.000000546. The van der Waals surface area contributed by atoms with E-state index in [4.69, 9.17) is 11.0 Å². The summed E-state index contributed by atoms with van der Waals surface area (Å²) in [6, 6.07) is 5.12. The first-order valence-electron chi connectivity index (χ1n) is 7.37. The second-order valence-corrected chi connectivity index (χ2v) is 6.36. The lowest BCUT2D eigenvalue weighted by molar-refractivity contribution is -0.306. The molecule has 0 atom stereocenters. The molecule has 1 fully saturated rings. The summed E-state index contributed by atoms with van der Waals surface area (Å²) < 4.78 is 13.2. The topological polar surface area (TPSA) is 58.7 Å². The number of hydrogen-bond acceptors (Lipinski definition) is 4. The Bertz CT molecular complexity index is 433. The highest BCUT2D eigenvalue weighted by Gasteiger charge is 2.12. The smallest absolute Gasteiger partial charge is 0.123 e. The molecule has 122 valence electrons. The highest BCUT2D eigenvalue weighted by Crippen LogP contribution is 2.15. The fraction of sp³-hybridized carbons (Fsp3) is 0.625. The van der Waals surface area contributed by atoms with Crippen LogP contribution >= 0.6 is 0 Å². The zero-order chi connectivity index (χ0) is 15.9. The van der Waals surface area contributed by atoms with Crippen LogP contribution in [-0.4, -0.2) is 28.8 Å². The molecule has 0 radical (unpaired) electrons. The zero-order valence-corrected chi connectivity index (χ0v) is 13.2. The molecule has 4 nitrogen and oxygen atoms in total. The predicted octanol–water partition coefficient (Wildman–Crippen LogP) is 3.40. The number of benzene rings is 1. The highest BCUT2D eigenvalue weighted by atomic mass is 19.1. The maximum Gasteiger partial charge on any atom is 0.123 e. The molecule has 1 heterocycles. The van der Waals surface area contributed by atoms with E-state index in [1.54, 1.807) is 26.8 Å². The molecule has 0 amide bonds. The van der Waals surface area contributed by atoms with Gasteiger partial charge in [0.2, 0.25) is 0 Å². The number of nitrogens with two attached hydrogens (primary N) is 1. The quantitative estimate of drug-likeness (QED) is 0.663. The van der Waals surface area contributed by atoms with Crippen LogP contribution in [0.3, 0.4) is 0 Å². The van der Waals surface area contributed by atoms with Crippen molar-refractivity contribution in [3.63, 3.8) is 0 Å². The molecule has 0 aliphatic carbocycles. The van der Waals surface area contributed by atoms with Crippen LogP contribution in [0, 0.1) is 5.82 Å². The van der Waals surface area contributed by atoms with E-state index in [2.05, 4.69) is 9.79 Å². The SMILES string of the molecule is CC(C)(C)OO.NCc1cc(F)cc(CN2CCCC2)c1.[HH]. The second-order valence-electron chi connectivity index (χ2n) is 6.36. The molecule has 21 heavy (non-hydrogen) atoms. The molecule has 0 saturated carbocycles. The third-order valence-corrected chi connectivity index (χ3v) is 3.13. The van der Waals surface area contributed by atoms with Crippen LogP contribution < -0.4 is 5.73 Å². The summed E-state index contributed by atoms with van der Waals surface area (Å²) in [7, 11) is 0. The van der Waals surface area contributed by atoms with Crippen LogP contribution in [0.2, 0.25) is 0 Å². The molecular weight excluding hydrogens is 271 g/mol. The van der Waals surface area contributed by atoms with Crippen molar-refractivity contribution in [2.75, 3.05) is 13.1 Å². The van der Waals surface area contributed by atoms with Gasteiger partial charge in [0.15, 0.2) is 0 Å². The van der Waals surface area contributed by atoms with Crippen LogP contribution in [0.25, 0.3) is 0 Å². The molecule has 0 aromatic heterocycles. The first kappa shape index (κ1) is 18.0. The number of rotatable bonds is 3. The van der Waals surface area contributed by atoms with Crippen LogP contribution in [0.5, 0.6) is 0 Å². The summed E-state index contributed by atoms with van der Waals surface area (Å²) in [6.45, 7) is 8.84. The number of hydrogen-bond donors (Lipinski definition) is 2. The van der Waals surface area contributed by atoms with Crippen molar-refractivity contribution < 1.29 is 16.0 Å². The first-order chi connectivity index (χ1) is 9.84.